The lowest BCUT2D eigenvalue weighted by molar-refractivity contribution is 0.141. The largest absolute Gasteiger partial charge is 0.397 e. The number of hydrogen-bond donors (Lipinski definition) is 2. The predicted molar refractivity (Wildman–Crippen MR) is 113 cm³/mol. The van der Waals surface area contributed by atoms with Crippen LogP contribution in [0.4, 0.5) is 20.6 Å². The zero-order chi connectivity index (χ0) is 20.0. The van der Waals surface area contributed by atoms with Crippen LogP contribution in [0, 0.1) is 17.7 Å². The summed E-state index contributed by atoms with van der Waals surface area (Å²) >= 11 is 0. The molecule has 3 fully saturated rings. The Morgan fingerprint density at radius 3 is 2.24 bits per heavy atom. The van der Waals surface area contributed by atoms with Gasteiger partial charge in [0.1, 0.15) is 5.82 Å². The molecular formula is C23H27FN4O. The van der Waals surface area contributed by atoms with Gasteiger partial charge in [-0.15, -0.1) is 0 Å². The van der Waals surface area contributed by atoms with Crippen LogP contribution >= 0.6 is 0 Å². The van der Waals surface area contributed by atoms with Crippen molar-refractivity contribution in [3.8, 4) is 11.1 Å². The first kappa shape index (κ1) is 18.4. The Kier molecular flexibility index (Phi) is 4.66. The highest BCUT2D eigenvalue weighted by atomic mass is 19.1. The predicted octanol–water partition coefficient (Wildman–Crippen LogP) is 4.02. The number of nitrogens with zero attached hydrogens (tertiary/aromatic N) is 2. The number of anilines is 2. The maximum atomic E-state index is 13.2. The lowest BCUT2D eigenvalue weighted by Gasteiger charge is -2.35. The summed E-state index contributed by atoms with van der Waals surface area (Å²) in [6.07, 6.45) is 4.05. The quantitative estimate of drug-likeness (QED) is 0.773. The standard InChI is InChI=1S/C23H27FN4O/c24-19-7-4-15(5-8-19)16-6-9-21(25)22(10-16)26-23(29)28-13-17-11-27(12-18(17)14-28)20-2-1-3-20/h4-10,17-18,20H,1-3,11-14,25H2,(H,26,29). The van der Waals surface area contributed by atoms with Gasteiger partial charge in [-0.3, -0.25) is 4.90 Å². The summed E-state index contributed by atoms with van der Waals surface area (Å²) in [5.74, 6) is 0.904. The van der Waals surface area contributed by atoms with E-state index in [2.05, 4.69) is 10.2 Å². The van der Waals surface area contributed by atoms with Gasteiger partial charge in [-0.05, 0) is 60.1 Å². The maximum absolute atomic E-state index is 13.2. The van der Waals surface area contributed by atoms with Crippen LogP contribution in [0.2, 0.25) is 0 Å². The van der Waals surface area contributed by atoms with E-state index in [1.807, 2.05) is 17.0 Å². The van der Waals surface area contributed by atoms with E-state index in [1.165, 1.54) is 31.4 Å². The Hall–Kier alpha value is -2.60. The van der Waals surface area contributed by atoms with E-state index in [0.29, 0.717) is 23.2 Å². The molecule has 5 rings (SSSR count). The molecule has 2 aromatic rings. The Morgan fingerprint density at radius 1 is 0.966 bits per heavy atom. The van der Waals surface area contributed by atoms with E-state index >= 15 is 0 Å². The molecule has 3 aliphatic rings. The number of likely N-dealkylation sites (tertiary alicyclic amines) is 2. The minimum atomic E-state index is -0.270. The van der Waals surface area contributed by atoms with E-state index in [4.69, 9.17) is 5.73 Å². The van der Waals surface area contributed by atoms with Crippen molar-refractivity contribution < 1.29 is 9.18 Å². The smallest absolute Gasteiger partial charge is 0.321 e. The molecule has 5 nitrogen and oxygen atoms in total. The number of carbonyl (C=O) groups excluding carboxylic acids is 1. The van der Waals surface area contributed by atoms with Crippen LogP contribution in [-0.4, -0.2) is 48.1 Å². The number of urea groups is 1. The summed E-state index contributed by atoms with van der Waals surface area (Å²) in [7, 11) is 0. The van der Waals surface area contributed by atoms with E-state index in [9.17, 15) is 9.18 Å². The van der Waals surface area contributed by atoms with Crippen molar-refractivity contribution in [2.45, 2.75) is 25.3 Å². The number of amides is 2. The fraction of sp³-hybridized carbons (Fsp3) is 0.435. The fourth-order valence-corrected chi connectivity index (χ4v) is 4.93. The molecule has 1 saturated carbocycles. The summed E-state index contributed by atoms with van der Waals surface area (Å²) < 4.78 is 13.2. The van der Waals surface area contributed by atoms with Crippen molar-refractivity contribution >= 4 is 17.4 Å². The summed E-state index contributed by atoms with van der Waals surface area (Å²) in [5.41, 5.74) is 9.01. The Balaban J connectivity index is 1.24. The molecule has 3 N–H and O–H groups in total. The highest BCUT2D eigenvalue weighted by molar-refractivity contribution is 5.94. The van der Waals surface area contributed by atoms with Crippen molar-refractivity contribution in [3.63, 3.8) is 0 Å². The second-order valence-electron chi connectivity index (χ2n) is 8.70. The van der Waals surface area contributed by atoms with Gasteiger partial charge in [0, 0.05) is 32.2 Å². The zero-order valence-corrected chi connectivity index (χ0v) is 16.5. The third-order valence-corrected chi connectivity index (χ3v) is 6.87. The number of halogens is 1. The Labute approximate surface area is 170 Å². The second-order valence-corrected chi connectivity index (χ2v) is 8.70. The molecule has 0 radical (unpaired) electrons. The molecule has 2 aromatic carbocycles. The molecule has 2 aliphatic heterocycles. The van der Waals surface area contributed by atoms with Gasteiger partial charge in [-0.1, -0.05) is 24.6 Å². The Bertz CT molecular complexity index is 898. The van der Waals surface area contributed by atoms with Gasteiger partial charge in [0.25, 0.3) is 0 Å². The normalized spacial score (nSPS) is 24.4. The third kappa shape index (κ3) is 3.57. The molecule has 1 aliphatic carbocycles. The monoisotopic (exact) mass is 394 g/mol. The molecule has 2 unspecified atom stereocenters. The average molecular weight is 394 g/mol. The topological polar surface area (TPSA) is 61.6 Å². The third-order valence-electron chi connectivity index (χ3n) is 6.87. The molecule has 152 valence electrons. The maximum Gasteiger partial charge on any atom is 0.321 e. The first-order valence-corrected chi connectivity index (χ1v) is 10.5. The first-order chi connectivity index (χ1) is 14.1. The summed E-state index contributed by atoms with van der Waals surface area (Å²) in [4.78, 5) is 17.4. The molecule has 2 saturated heterocycles. The molecule has 0 aromatic heterocycles. The first-order valence-electron chi connectivity index (χ1n) is 10.5. The van der Waals surface area contributed by atoms with Crippen LogP contribution in [0.15, 0.2) is 42.5 Å². The van der Waals surface area contributed by atoms with Gasteiger partial charge in [0.2, 0.25) is 0 Å². The summed E-state index contributed by atoms with van der Waals surface area (Å²) in [5, 5.41) is 2.99. The molecule has 0 bridgehead atoms. The number of nitrogen functional groups attached to an aromatic ring is 1. The molecule has 6 heteroatoms. The molecule has 2 heterocycles. The van der Waals surface area contributed by atoms with E-state index < -0.39 is 0 Å². The van der Waals surface area contributed by atoms with Gasteiger partial charge in [0.15, 0.2) is 0 Å². The minimum absolute atomic E-state index is 0.0856. The number of carbonyl (C=O) groups is 1. The average Bonchev–Trinajstić information content (AvgIpc) is 3.22. The van der Waals surface area contributed by atoms with Crippen LogP contribution in [0.5, 0.6) is 0 Å². The molecule has 2 amide bonds. The Morgan fingerprint density at radius 2 is 1.62 bits per heavy atom. The van der Waals surface area contributed by atoms with E-state index in [1.54, 1.807) is 18.2 Å². The summed E-state index contributed by atoms with van der Waals surface area (Å²) in [6.45, 7) is 3.89. The van der Waals surface area contributed by atoms with E-state index in [-0.39, 0.29) is 11.8 Å². The van der Waals surface area contributed by atoms with Gasteiger partial charge in [-0.2, -0.15) is 0 Å². The summed E-state index contributed by atoms with van der Waals surface area (Å²) in [6, 6.07) is 12.5. The number of benzene rings is 2. The second kappa shape index (κ2) is 7.34. The van der Waals surface area contributed by atoms with Gasteiger partial charge in [0.05, 0.1) is 11.4 Å². The van der Waals surface area contributed by atoms with Crippen LogP contribution in [0.25, 0.3) is 11.1 Å². The number of nitrogens with two attached hydrogens (primary N) is 1. The van der Waals surface area contributed by atoms with Crippen LogP contribution in [-0.2, 0) is 0 Å². The van der Waals surface area contributed by atoms with Gasteiger partial charge >= 0.3 is 6.03 Å². The van der Waals surface area contributed by atoms with Crippen molar-refractivity contribution in [2.75, 3.05) is 37.2 Å². The fourth-order valence-electron chi connectivity index (χ4n) is 4.93. The number of hydrogen-bond acceptors (Lipinski definition) is 3. The molecule has 2 atom stereocenters. The van der Waals surface area contributed by atoms with E-state index in [0.717, 1.165) is 43.3 Å². The zero-order valence-electron chi connectivity index (χ0n) is 16.5. The van der Waals surface area contributed by atoms with Gasteiger partial charge < -0.3 is 16.0 Å². The minimum Gasteiger partial charge on any atom is -0.397 e. The lowest BCUT2D eigenvalue weighted by Crippen LogP contribution is -2.41. The van der Waals surface area contributed by atoms with Crippen molar-refractivity contribution in [3.05, 3.63) is 48.3 Å². The van der Waals surface area contributed by atoms with Crippen molar-refractivity contribution in [2.24, 2.45) is 11.8 Å². The van der Waals surface area contributed by atoms with Crippen LogP contribution in [0.1, 0.15) is 19.3 Å². The van der Waals surface area contributed by atoms with Crippen molar-refractivity contribution in [1.82, 2.24) is 9.80 Å². The van der Waals surface area contributed by atoms with Crippen molar-refractivity contribution in [1.29, 1.82) is 0 Å². The number of fused-ring (bicyclic) bond motifs is 1. The SMILES string of the molecule is Nc1ccc(-c2ccc(F)cc2)cc1NC(=O)N1CC2CN(C3CCC3)CC2C1. The van der Waals surface area contributed by atoms with Gasteiger partial charge in [-0.25, -0.2) is 9.18 Å². The number of nitrogens with one attached hydrogen (secondary N) is 1. The number of rotatable bonds is 3. The molecular weight excluding hydrogens is 367 g/mol. The lowest BCUT2D eigenvalue weighted by atomic mass is 9.92. The molecule has 29 heavy (non-hydrogen) atoms. The molecule has 0 spiro atoms. The highest BCUT2D eigenvalue weighted by Crippen LogP contribution is 2.37. The van der Waals surface area contributed by atoms with Crippen LogP contribution in [0.3, 0.4) is 0 Å². The highest BCUT2D eigenvalue weighted by Gasteiger charge is 2.44. The van der Waals surface area contributed by atoms with Crippen LogP contribution < -0.4 is 11.1 Å².